The van der Waals surface area contributed by atoms with Crippen LogP contribution in [-0.2, 0) is 19.1 Å². The molecule has 1 saturated carbocycles. The molecule has 2 aliphatic rings. The molecule has 1 aromatic heterocycles. The number of fused-ring (bicyclic) bond motifs is 2. The van der Waals surface area contributed by atoms with Crippen molar-refractivity contribution in [1.29, 1.82) is 0 Å². The number of amides is 2. The molecule has 146 valence electrons. The van der Waals surface area contributed by atoms with Gasteiger partial charge in [-0.05, 0) is 25.8 Å². The zero-order valence-corrected chi connectivity index (χ0v) is 15.6. The van der Waals surface area contributed by atoms with E-state index in [1.807, 2.05) is 24.3 Å². The Hall–Kier alpha value is -2.96. The predicted octanol–water partition coefficient (Wildman–Crippen LogP) is 2.46. The van der Waals surface area contributed by atoms with E-state index < -0.39 is 18.6 Å². The zero-order valence-electron chi connectivity index (χ0n) is 15.6. The van der Waals surface area contributed by atoms with Gasteiger partial charge < -0.3 is 9.72 Å². The summed E-state index contributed by atoms with van der Waals surface area (Å²) < 4.78 is 5.25. The second kappa shape index (κ2) is 7.22. The van der Waals surface area contributed by atoms with Crippen LogP contribution in [0, 0.1) is 11.8 Å². The lowest BCUT2D eigenvalue weighted by Crippen LogP contribution is -2.38. The minimum atomic E-state index is -1.01. The van der Waals surface area contributed by atoms with E-state index in [0.717, 1.165) is 28.6 Å². The first-order valence-corrected chi connectivity index (χ1v) is 9.62. The van der Waals surface area contributed by atoms with Gasteiger partial charge in [-0.2, -0.15) is 0 Å². The van der Waals surface area contributed by atoms with E-state index in [0.29, 0.717) is 18.4 Å². The Bertz CT molecular complexity index is 939. The van der Waals surface area contributed by atoms with Crippen molar-refractivity contribution >= 4 is 34.5 Å². The molecule has 3 atom stereocenters. The number of hydrogen-bond donors (Lipinski definition) is 1. The first-order chi connectivity index (χ1) is 13.5. The molecule has 1 saturated heterocycles. The quantitative estimate of drug-likeness (QED) is 0.487. The summed E-state index contributed by atoms with van der Waals surface area (Å²) in [6, 6.07) is 7.36. The number of hydrogen-bond acceptors (Lipinski definition) is 5. The summed E-state index contributed by atoms with van der Waals surface area (Å²) in [4.78, 5) is 53.9. The molecule has 2 fully saturated rings. The molecule has 1 aromatic carbocycles. The van der Waals surface area contributed by atoms with Gasteiger partial charge in [-0.1, -0.05) is 31.0 Å². The molecule has 0 radical (unpaired) electrons. The fourth-order valence-electron chi connectivity index (χ4n) is 4.30. The molecule has 0 spiro atoms. The highest BCUT2D eigenvalue weighted by Crippen LogP contribution is 2.37. The monoisotopic (exact) mass is 382 g/mol. The van der Waals surface area contributed by atoms with Gasteiger partial charge in [0.1, 0.15) is 6.54 Å². The number of H-pyrrole nitrogens is 1. The third-order valence-corrected chi connectivity index (χ3v) is 5.75. The topological polar surface area (TPSA) is 96.5 Å². The van der Waals surface area contributed by atoms with Crippen LogP contribution in [0.3, 0.4) is 0 Å². The van der Waals surface area contributed by atoms with Gasteiger partial charge in [-0.3, -0.25) is 24.1 Å². The number of imide groups is 1. The van der Waals surface area contributed by atoms with E-state index in [4.69, 9.17) is 4.74 Å². The molecule has 1 N–H and O–H groups in total. The number of benzene rings is 1. The molecule has 0 bridgehead atoms. The Morgan fingerprint density at radius 2 is 1.79 bits per heavy atom. The number of Topliss-reactive ketones (excluding diaryl/α,β-unsaturated/α-hetero) is 1. The molecule has 0 unspecified atom stereocenters. The summed E-state index contributed by atoms with van der Waals surface area (Å²) in [5.41, 5.74) is 1.26. The number of para-hydroxylation sites is 1. The minimum Gasteiger partial charge on any atom is -0.453 e. The van der Waals surface area contributed by atoms with Gasteiger partial charge in [0.2, 0.25) is 17.6 Å². The summed E-state index contributed by atoms with van der Waals surface area (Å²) in [7, 11) is 0. The maximum absolute atomic E-state index is 12.7. The Kier molecular flexibility index (Phi) is 4.75. The lowest BCUT2D eigenvalue weighted by molar-refractivity contribution is -0.154. The Morgan fingerprint density at radius 1 is 1.14 bits per heavy atom. The van der Waals surface area contributed by atoms with E-state index >= 15 is 0 Å². The van der Waals surface area contributed by atoms with Crippen LogP contribution in [0.4, 0.5) is 0 Å². The number of rotatable bonds is 5. The molecule has 2 aromatic rings. The van der Waals surface area contributed by atoms with E-state index in [1.165, 1.54) is 6.92 Å². The van der Waals surface area contributed by atoms with E-state index in [2.05, 4.69) is 4.98 Å². The Labute approximate surface area is 162 Å². The van der Waals surface area contributed by atoms with Gasteiger partial charge >= 0.3 is 5.97 Å². The number of nitrogens with zero attached hydrogens (tertiary/aromatic N) is 1. The van der Waals surface area contributed by atoms with Crippen molar-refractivity contribution in [1.82, 2.24) is 9.88 Å². The molecular formula is C21H22N2O5. The number of carbonyl (C=O) groups is 4. The van der Waals surface area contributed by atoms with Crippen LogP contribution in [0.25, 0.3) is 10.9 Å². The van der Waals surface area contributed by atoms with Crippen molar-refractivity contribution in [2.24, 2.45) is 11.8 Å². The number of ether oxygens (including phenoxy) is 1. The van der Waals surface area contributed by atoms with Gasteiger partial charge in [0.05, 0.1) is 11.8 Å². The molecule has 2 heterocycles. The third-order valence-electron chi connectivity index (χ3n) is 5.75. The highest BCUT2D eigenvalue weighted by atomic mass is 16.5. The molecule has 7 nitrogen and oxygen atoms in total. The van der Waals surface area contributed by atoms with Gasteiger partial charge in [0.15, 0.2) is 6.10 Å². The first-order valence-electron chi connectivity index (χ1n) is 9.62. The lowest BCUT2D eigenvalue weighted by atomic mass is 9.81. The van der Waals surface area contributed by atoms with Crippen LogP contribution in [-0.4, -0.2) is 46.1 Å². The molecular weight excluding hydrogens is 360 g/mol. The smallest absolute Gasteiger partial charge is 0.326 e. The van der Waals surface area contributed by atoms with Crippen molar-refractivity contribution in [3.8, 4) is 0 Å². The highest BCUT2D eigenvalue weighted by Gasteiger charge is 2.48. The summed E-state index contributed by atoms with van der Waals surface area (Å²) in [6.45, 7) is 1.06. The predicted molar refractivity (Wildman–Crippen MR) is 100 cm³/mol. The van der Waals surface area contributed by atoms with Crippen LogP contribution in [0.15, 0.2) is 30.5 Å². The van der Waals surface area contributed by atoms with E-state index in [1.54, 1.807) is 6.20 Å². The number of carbonyl (C=O) groups excluding carboxylic acids is 4. The number of ketones is 1. The number of esters is 1. The molecule has 2 amide bonds. The summed E-state index contributed by atoms with van der Waals surface area (Å²) in [6.07, 6.45) is 3.81. The van der Waals surface area contributed by atoms with Gasteiger partial charge in [0, 0.05) is 22.7 Å². The average molecular weight is 382 g/mol. The first kappa shape index (κ1) is 18.4. The van der Waals surface area contributed by atoms with E-state index in [-0.39, 0.29) is 29.4 Å². The fourth-order valence-corrected chi connectivity index (χ4v) is 4.30. The maximum atomic E-state index is 12.7. The molecule has 4 rings (SSSR count). The van der Waals surface area contributed by atoms with Crippen molar-refractivity contribution in [2.45, 2.75) is 38.7 Å². The standard InChI is InChI=1S/C21H22N2O5/c1-12(19(25)16-10-22-17-9-5-4-6-13(16)17)28-18(24)11-23-20(26)14-7-2-3-8-15(14)21(23)27/h4-6,9-10,12,14-15,22H,2-3,7-8,11H2,1H3/t12-,14+,15+/m0/s1. The second-order valence-electron chi connectivity index (χ2n) is 7.50. The van der Waals surface area contributed by atoms with Crippen LogP contribution in [0.5, 0.6) is 0 Å². The number of aromatic amines is 1. The number of likely N-dealkylation sites (tertiary alicyclic amines) is 1. The normalized spacial score (nSPS) is 23.0. The molecule has 28 heavy (non-hydrogen) atoms. The summed E-state index contributed by atoms with van der Waals surface area (Å²) in [5, 5.41) is 0.754. The highest BCUT2D eigenvalue weighted by molar-refractivity contribution is 6.10. The lowest BCUT2D eigenvalue weighted by Gasteiger charge is -2.19. The van der Waals surface area contributed by atoms with Crippen molar-refractivity contribution in [2.75, 3.05) is 6.54 Å². The Morgan fingerprint density at radius 3 is 2.46 bits per heavy atom. The third kappa shape index (κ3) is 3.10. The summed E-state index contributed by atoms with van der Waals surface area (Å²) >= 11 is 0. The van der Waals surface area contributed by atoms with Crippen LogP contribution < -0.4 is 0 Å². The maximum Gasteiger partial charge on any atom is 0.326 e. The van der Waals surface area contributed by atoms with Crippen molar-refractivity contribution in [3.05, 3.63) is 36.0 Å². The minimum absolute atomic E-state index is 0.290. The zero-order chi connectivity index (χ0) is 19.8. The van der Waals surface area contributed by atoms with Crippen LogP contribution in [0.2, 0.25) is 0 Å². The van der Waals surface area contributed by atoms with Crippen LogP contribution >= 0.6 is 0 Å². The van der Waals surface area contributed by atoms with Crippen molar-refractivity contribution < 1.29 is 23.9 Å². The van der Waals surface area contributed by atoms with Gasteiger partial charge in [-0.25, -0.2) is 0 Å². The second-order valence-corrected chi connectivity index (χ2v) is 7.50. The molecule has 7 heteroatoms. The fraction of sp³-hybridized carbons (Fsp3) is 0.429. The molecule has 1 aliphatic heterocycles. The Balaban J connectivity index is 1.41. The largest absolute Gasteiger partial charge is 0.453 e. The summed E-state index contributed by atoms with van der Waals surface area (Å²) in [5.74, 6) is -2.28. The average Bonchev–Trinajstić information content (AvgIpc) is 3.23. The van der Waals surface area contributed by atoms with Crippen molar-refractivity contribution in [3.63, 3.8) is 0 Å². The van der Waals surface area contributed by atoms with E-state index in [9.17, 15) is 19.2 Å². The van der Waals surface area contributed by atoms with Gasteiger partial charge in [0.25, 0.3) is 0 Å². The SMILES string of the molecule is C[C@H](OC(=O)CN1C(=O)[C@@H]2CCCC[C@H]2C1=O)C(=O)c1c[nH]c2ccccc12. The van der Waals surface area contributed by atoms with Crippen LogP contribution in [0.1, 0.15) is 43.0 Å². The molecule has 1 aliphatic carbocycles. The van der Waals surface area contributed by atoms with Gasteiger partial charge in [-0.15, -0.1) is 0 Å². The number of aromatic nitrogens is 1. The number of nitrogens with one attached hydrogen (secondary N) is 1.